The first-order chi connectivity index (χ1) is 16.7. The lowest BCUT2D eigenvalue weighted by Crippen LogP contribution is -2.31. The first kappa shape index (κ1) is 24.4. The number of rotatable bonds is 5. The number of nitrogens with zero attached hydrogens (tertiary/aromatic N) is 1. The molecule has 9 heteroatoms. The van der Waals surface area contributed by atoms with Crippen LogP contribution >= 0.6 is 46.6 Å². The number of ketones is 1. The van der Waals surface area contributed by atoms with Crippen LogP contribution in [0, 0.1) is 16.0 Å². The van der Waals surface area contributed by atoms with E-state index >= 15 is 0 Å². The predicted molar refractivity (Wildman–Crippen MR) is 143 cm³/mol. The number of fused-ring (bicyclic) bond motifs is 3. The Morgan fingerprint density at radius 1 is 1.09 bits per heavy atom. The number of nitro groups is 1. The fraction of sp³-hybridized carbons (Fsp3) is 0.269. The maximum absolute atomic E-state index is 12.1. The Labute approximate surface area is 222 Å². The van der Waals surface area contributed by atoms with Gasteiger partial charge >= 0.3 is 0 Å². The van der Waals surface area contributed by atoms with Crippen LogP contribution in [0.15, 0.2) is 65.6 Å². The van der Waals surface area contributed by atoms with Crippen LogP contribution < -0.4 is 5.32 Å². The minimum absolute atomic E-state index is 0.0119. The van der Waals surface area contributed by atoms with E-state index in [-0.39, 0.29) is 44.9 Å². The molecule has 0 amide bonds. The van der Waals surface area contributed by atoms with Gasteiger partial charge in [-0.3, -0.25) is 14.9 Å². The third-order valence-electron chi connectivity index (χ3n) is 6.86. The SMILES string of the molecule is CC(=O)c1ccc2c(c1)[C@@H]1[C@H](Cl)[C@H](Sc3ccccc3[N+](=O)[O-])C[C@@H]1[C@@H](c1ccc(Cl)cc1Cl)N2. The van der Waals surface area contributed by atoms with Crippen molar-refractivity contribution in [2.24, 2.45) is 5.92 Å². The van der Waals surface area contributed by atoms with Crippen molar-refractivity contribution in [3.05, 3.63) is 97.5 Å². The number of alkyl halides is 1. The number of thioether (sulfide) groups is 1. The molecular formula is C26H21Cl3N2O3S. The molecule has 0 aromatic heterocycles. The predicted octanol–water partition coefficient (Wildman–Crippen LogP) is 8.14. The minimum atomic E-state index is -0.361. The number of nitro benzene ring substituents is 1. The Hall–Kier alpha value is -2.25. The van der Waals surface area contributed by atoms with Gasteiger partial charge in [0.1, 0.15) is 0 Å². The van der Waals surface area contributed by atoms with E-state index in [4.69, 9.17) is 34.8 Å². The zero-order valence-corrected chi connectivity index (χ0v) is 21.7. The third kappa shape index (κ3) is 4.53. The van der Waals surface area contributed by atoms with Crippen LogP contribution in [0.25, 0.3) is 0 Å². The lowest BCUT2D eigenvalue weighted by Gasteiger charge is -2.39. The summed E-state index contributed by atoms with van der Waals surface area (Å²) in [5, 5.41) is 16.0. The second-order valence-corrected chi connectivity index (χ2v) is 11.5. The van der Waals surface area contributed by atoms with Crippen molar-refractivity contribution >= 4 is 63.7 Å². The highest BCUT2D eigenvalue weighted by atomic mass is 35.5. The maximum atomic E-state index is 12.1. The lowest BCUT2D eigenvalue weighted by atomic mass is 9.76. The van der Waals surface area contributed by atoms with Crippen molar-refractivity contribution in [3.8, 4) is 0 Å². The molecule has 3 aromatic carbocycles. The van der Waals surface area contributed by atoms with E-state index in [1.54, 1.807) is 31.2 Å². The van der Waals surface area contributed by atoms with Crippen molar-refractivity contribution in [3.63, 3.8) is 0 Å². The summed E-state index contributed by atoms with van der Waals surface area (Å²) < 4.78 is 0. The van der Waals surface area contributed by atoms with Gasteiger partial charge < -0.3 is 5.32 Å². The number of carbonyl (C=O) groups excluding carboxylic acids is 1. The number of halogens is 3. The second kappa shape index (κ2) is 9.66. The van der Waals surface area contributed by atoms with Crippen molar-refractivity contribution in [1.82, 2.24) is 0 Å². The quantitative estimate of drug-likeness (QED) is 0.151. The van der Waals surface area contributed by atoms with Gasteiger partial charge in [-0.15, -0.1) is 23.4 Å². The molecule has 5 rings (SSSR count). The molecule has 1 fully saturated rings. The molecular weight excluding hydrogens is 527 g/mol. The van der Waals surface area contributed by atoms with E-state index in [0.717, 1.165) is 23.2 Å². The number of para-hydroxylation sites is 1. The van der Waals surface area contributed by atoms with Gasteiger partial charge in [-0.25, -0.2) is 0 Å². The zero-order chi connectivity index (χ0) is 24.9. The molecule has 1 saturated carbocycles. The van der Waals surface area contributed by atoms with Crippen molar-refractivity contribution in [2.75, 3.05) is 5.32 Å². The van der Waals surface area contributed by atoms with Crippen LogP contribution in [-0.2, 0) is 0 Å². The molecule has 35 heavy (non-hydrogen) atoms. The van der Waals surface area contributed by atoms with Gasteiger partial charge in [0.25, 0.3) is 5.69 Å². The molecule has 5 nitrogen and oxygen atoms in total. The van der Waals surface area contributed by atoms with Gasteiger partial charge in [0.05, 0.1) is 21.2 Å². The summed E-state index contributed by atoms with van der Waals surface area (Å²) in [7, 11) is 0. The molecule has 0 saturated heterocycles. The third-order valence-corrected chi connectivity index (χ3v) is 9.53. The number of Topliss-reactive ketones (excluding diaryl/α,β-unsaturated/α-hetero) is 1. The highest BCUT2D eigenvalue weighted by Gasteiger charge is 2.50. The molecule has 5 atom stereocenters. The number of anilines is 1. The van der Waals surface area contributed by atoms with E-state index in [2.05, 4.69) is 5.32 Å². The molecule has 1 aliphatic heterocycles. The summed E-state index contributed by atoms with van der Waals surface area (Å²) in [6, 6.07) is 17.8. The van der Waals surface area contributed by atoms with E-state index in [9.17, 15) is 14.9 Å². The zero-order valence-electron chi connectivity index (χ0n) is 18.6. The molecule has 1 heterocycles. The molecule has 3 aromatic rings. The molecule has 180 valence electrons. The highest BCUT2D eigenvalue weighted by Crippen LogP contribution is 2.58. The number of carbonyl (C=O) groups is 1. The average molecular weight is 548 g/mol. The van der Waals surface area contributed by atoms with E-state index < -0.39 is 0 Å². The smallest absolute Gasteiger partial charge is 0.282 e. The van der Waals surface area contributed by atoms with Gasteiger partial charge in [0, 0.05) is 38.5 Å². The standard InChI is InChI=1S/C26H21Cl3N2O3S/c1-13(32)14-6-9-20-17(10-14)24-18(26(30-20)16-8-7-15(27)11-19(16)28)12-23(25(24)29)35-22-5-3-2-4-21(22)31(33)34/h2-11,18,23-26,30H,12H2,1H3/t18-,23+,24-,25+,26+/m0/s1. The Bertz CT molecular complexity index is 1330. The van der Waals surface area contributed by atoms with Crippen LogP contribution in [0.2, 0.25) is 10.0 Å². The van der Waals surface area contributed by atoms with Gasteiger partial charge in [0.2, 0.25) is 0 Å². The van der Waals surface area contributed by atoms with Crippen LogP contribution in [0.3, 0.4) is 0 Å². The molecule has 0 bridgehead atoms. The monoisotopic (exact) mass is 546 g/mol. The van der Waals surface area contributed by atoms with Crippen LogP contribution in [0.1, 0.15) is 46.8 Å². The summed E-state index contributed by atoms with van der Waals surface area (Å²) in [6.45, 7) is 1.55. The molecule has 2 aliphatic rings. The summed E-state index contributed by atoms with van der Waals surface area (Å²) in [4.78, 5) is 23.9. The van der Waals surface area contributed by atoms with Gasteiger partial charge in [0.15, 0.2) is 5.78 Å². The summed E-state index contributed by atoms with van der Waals surface area (Å²) in [6.07, 6.45) is 0.718. The summed E-state index contributed by atoms with van der Waals surface area (Å²) >= 11 is 21.4. The Kier molecular flexibility index (Phi) is 6.75. The molecule has 0 spiro atoms. The Morgan fingerprint density at radius 2 is 1.86 bits per heavy atom. The van der Waals surface area contributed by atoms with E-state index in [1.165, 1.54) is 17.8 Å². The fourth-order valence-electron chi connectivity index (χ4n) is 5.27. The van der Waals surface area contributed by atoms with E-state index in [0.29, 0.717) is 20.5 Å². The number of benzene rings is 3. The highest BCUT2D eigenvalue weighted by molar-refractivity contribution is 8.00. The summed E-state index contributed by atoms with van der Waals surface area (Å²) in [5.41, 5.74) is 3.54. The largest absolute Gasteiger partial charge is 0.378 e. The molecule has 1 N–H and O–H groups in total. The molecule has 0 unspecified atom stereocenters. The molecule has 0 radical (unpaired) electrons. The number of hydrogen-bond acceptors (Lipinski definition) is 5. The number of hydrogen-bond donors (Lipinski definition) is 1. The van der Waals surface area contributed by atoms with Gasteiger partial charge in [-0.05, 0) is 66.8 Å². The van der Waals surface area contributed by atoms with Crippen molar-refractivity contribution in [2.45, 2.75) is 40.8 Å². The van der Waals surface area contributed by atoms with E-state index in [1.807, 2.05) is 30.3 Å². The van der Waals surface area contributed by atoms with Crippen molar-refractivity contribution < 1.29 is 9.72 Å². The van der Waals surface area contributed by atoms with Crippen LogP contribution in [0.5, 0.6) is 0 Å². The second-order valence-electron chi connectivity index (χ2n) is 8.90. The minimum Gasteiger partial charge on any atom is -0.378 e. The Balaban J connectivity index is 1.58. The van der Waals surface area contributed by atoms with Gasteiger partial charge in [-0.1, -0.05) is 41.4 Å². The average Bonchev–Trinajstić information content (AvgIpc) is 3.15. The number of nitrogens with one attached hydrogen (secondary N) is 1. The topological polar surface area (TPSA) is 72.2 Å². The molecule has 1 aliphatic carbocycles. The van der Waals surface area contributed by atoms with Crippen LogP contribution in [0.4, 0.5) is 11.4 Å². The normalized spacial score (nSPS) is 24.9. The van der Waals surface area contributed by atoms with Crippen molar-refractivity contribution in [1.29, 1.82) is 0 Å². The fourth-order valence-corrected chi connectivity index (χ4v) is 7.74. The summed E-state index contributed by atoms with van der Waals surface area (Å²) in [5.74, 6) is -0.0162. The maximum Gasteiger partial charge on any atom is 0.282 e. The first-order valence-electron chi connectivity index (χ1n) is 11.1. The first-order valence-corrected chi connectivity index (χ1v) is 13.2. The van der Waals surface area contributed by atoms with Crippen LogP contribution in [-0.4, -0.2) is 21.3 Å². The Morgan fingerprint density at radius 3 is 2.57 bits per heavy atom. The van der Waals surface area contributed by atoms with Gasteiger partial charge in [-0.2, -0.15) is 0 Å². The lowest BCUT2D eigenvalue weighted by molar-refractivity contribution is -0.387.